The third-order valence-electron chi connectivity index (χ3n) is 2.01. The van der Waals surface area contributed by atoms with Gasteiger partial charge in [0.1, 0.15) is 0 Å². The van der Waals surface area contributed by atoms with Crippen molar-refractivity contribution in [3.63, 3.8) is 0 Å². The molecule has 0 bridgehead atoms. The van der Waals surface area contributed by atoms with E-state index >= 15 is 0 Å². The average Bonchev–Trinajstić information content (AvgIpc) is 1.91. The molecule has 0 aromatic carbocycles. The molecule has 2 N–H and O–H groups in total. The van der Waals surface area contributed by atoms with Gasteiger partial charge in [0.25, 0.3) is 0 Å². The van der Waals surface area contributed by atoms with Crippen molar-refractivity contribution < 1.29 is 0 Å². The molecule has 0 saturated carbocycles. The molecule has 0 atom stereocenters. The Morgan fingerprint density at radius 3 is 2.56 bits per heavy atom. The zero-order valence-electron chi connectivity index (χ0n) is 5.82. The molecule has 53 valence electrons. The Labute approximate surface area is 56.8 Å². The zero-order chi connectivity index (χ0) is 6.53. The van der Waals surface area contributed by atoms with E-state index in [1.807, 2.05) is 0 Å². The van der Waals surface area contributed by atoms with Crippen molar-refractivity contribution in [2.45, 2.75) is 19.3 Å². The Balaban J connectivity index is 2.08. The molecule has 2 nitrogen and oxygen atoms in total. The summed E-state index contributed by atoms with van der Waals surface area (Å²) < 4.78 is 0. The fourth-order valence-corrected chi connectivity index (χ4v) is 1.37. The highest BCUT2D eigenvalue weighted by Crippen LogP contribution is 2.14. The molecule has 0 unspecified atom stereocenters. The summed E-state index contributed by atoms with van der Waals surface area (Å²) in [6.07, 6.45) is 3.69. The number of hydrogen-bond acceptors (Lipinski definition) is 1. The van der Waals surface area contributed by atoms with Gasteiger partial charge in [-0.25, -0.2) is 0 Å². The van der Waals surface area contributed by atoms with E-state index in [2.05, 4.69) is 5.32 Å². The Kier molecular flexibility index (Phi) is 3.01. The smallest absolute Gasteiger partial charge is 0.0102 e. The van der Waals surface area contributed by atoms with Crippen molar-refractivity contribution >= 4 is 0 Å². The lowest BCUT2D eigenvalue weighted by Gasteiger charge is -2.21. The summed E-state index contributed by atoms with van der Waals surface area (Å²) in [5.74, 6) is 0.851. The van der Waals surface area contributed by atoms with Gasteiger partial charge < -0.3 is 5.32 Å². The third kappa shape index (κ3) is 2.33. The highest BCUT2D eigenvalue weighted by molar-refractivity contribution is 4.67. The molecule has 1 aliphatic rings. The molecule has 1 aliphatic heterocycles. The molecule has 1 rings (SSSR count). The van der Waals surface area contributed by atoms with Gasteiger partial charge in [0, 0.05) is 6.54 Å². The van der Waals surface area contributed by atoms with Crippen molar-refractivity contribution in [3.8, 4) is 0 Å². The van der Waals surface area contributed by atoms with E-state index in [1.54, 1.807) is 0 Å². The van der Waals surface area contributed by atoms with E-state index < -0.39 is 0 Å². The van der Waals surface area contributed by atoms with Gasteiger partial charge in [-0.3, -0.25) is 5.73 Å². The van der Waals surface area contributed by atoms with Crippen molar-refractivity contribution in [2.75, 3.05) is 19.6 Å². The first-order valence-electron chi connectivity index (χ1n) is 3.79. The highest BCUT2D eigenvalue weighted by Gasteiger charge is 2.10. The molecule has 0 aromatic rings. The molecule has 2 heteroatoms. The fraction of sp³-hybridized carbons (Fsp3) is 1.00. The maximum absolute atomic E-state index is 7.02. The van der Waals surface area contributed by atoms with Crippen molar-refractivity contribution in [1.82, 2.24) is 11.1 Å². The number of nitrogens with one attached hydrogen (secondary N) is 2. The van der Waals surface area contributed by atoms with Crippen LogP contribution < -0.4 is 11.1 Å². The number of rotatable bonds is 2. The summed E-state index contributed by atoms with van der Waals surface area (Å²) in [6, 6.07) is 0. The van der Waals surface area contributed by atoms with Crippen LogP contribution in [0.25, 0.3) is 0 Å². The Morgan fingerprint density at radius 2 is 2.00 bits per heavy atom. The first kappa shape index (κ1) is 7.03. The quantitative estimate of drug-likeness (QED) is 0.581. The Morgan fingerprint density at radius 1 is 1.33 bits per heavy atom. The van der Waals surface area contributed by atoms with Gasteiger partial charge in [-0.2, -0.15) is 0 Å². The van der Waals surface area contributed by atoms with Crippen molar-refractivity contribution in [2.24, 2.45) is 5.92 Å². The lowest BCUT2D eigenvalue weighted by Crippen LogP contribution is -2.28. The van der Waals surface area contributed by atoms with Crippen LogP contribution in [0.5, 0.6) is 0 Å². The van der Waals surface area contributed by atoms with Crippen LogP contribution in [-0.2, 0) is 0 Å². The topological polar surface area (TPSA) is 35.8 Å². The van der Waals surface area contributed by atoms with E-state index in [0.717, 1.165) is 12.3 Å². The summed E-state index contributed by atoms with van der Waals surface area (Å²) in [4.78, 5) is 0. The molecule has 9 heavy (non-hydrogen) atoms. The summed E-state index contributed by atoms with van der Waals surface area (Å²) in [5.41, 5.74) is 7.02. The van der Waals surface area contributed by atoms with E-state index in [0.29, 0.717) is 6.54 Å². The second-order valence-corrected chi connectivity index (χ2v) is 2.73. The molecule has 0 aliphatic carbocycles. The Hall–Kier alpha value is -0.0800. The predicted octanol–water partition coefficient (Wildman–Crippen LogP) is 0.659. The lowest BCUT2D eigenvalue weighted by atomic mass is 9.95. The minimum Gasteiger partial charge on any atom is -0.317 e. The first-order valence-corrected chi connectivity index (χ1v) is 3.79. The van der Waals surface area contributed by atoms with Crippen LogP contribution in [-0.4, -0.2) is 19.6 Å². The van der Waals surface area contributed by atoms with Crippen LogP contribution in [0, 0.1) is 5.92 Å². The van der Waals surface area contributed by atoms with Crippen LogP contribution >= 0.6 is 0 Å². The molecule has 0 spiro atoms. The average molecular weight is 127 g/mol. The summed E-state index contributed by atoms with van der Waals surface area (Å²) in [5, 5.41) is 3.31. The molecular formula is C7H15N2. The monoisotopic (exact) mass is 127 g/mol. The van der Waals surface area contributed by atoms with E-state index in [1.165, 1.54) is 25.9 Å². The fourth-order valence-electron chi connectivity index (χ4n) is 1.37. The zero-order valence-corrected chi connectivity index (χ0v) is 5.82. The van der Waals surface area contributed by atoms with Crippen LogP contribution in [0.2, 0.25) is 0 Å². The number of piperidine rings is 1. The molecule has 0 amide bonds. The van der Waals surface area contributed by atoms with Gasteiger partial charge in [-0.05, 0) is 38.3 Å². The molecule has 1 radical (unpaired) electrons. The maximum Gasteiger partial charge on any atom is 0.0102 e. The van der Waals surface area contributed by atoms with Gasteiger partial charge in [-0.15, -0.1) is 0 Å². The molecule has 0 aromatic heterocycles. The SMILES string of the molecule is [NH]CCC1CCNCC1. The van der Waals surface area contributed by atoms with E-state index in [4.69, 9.17) is 5.73 Å². The van der Waals surface area contributed by atoms with Gasteiger partial charge in [0.15, 0.2) is 0 Å². The normalized spacial score (nSPS) is 22.3. The highest BCUT2D eigenvalue weighted by atomic mass is 14.9. The standard InChI is InChI=1S/C7H15N2/c8-4-1-7-2-5-9-6-3-7/h7-9H,1-6H2. The summed E-state index contributed by atoms with van der Waals surface area (Å²) in [6.45, 7) is 2.96. The van der Waals surface area contributed by atoms with Gasteiger partial charge in [0.05, 0.1) is 0 Å². The summed E-state index contributed by atoms with van der Waals surface area (Å²) >= 11 is 0. The lowest BCUT2D eigenvalue weighted by molar-refractivity contribution is 0.357. The van der Waals surface area contributed by atoms with E-state index in [-0.39, 0.29) is 0 Å². The van der Waals surface area contributed by atoms with Crippen LogP contribution in [0.1, 0.15) is 19.3 Å². The van der Waals surface area contributed by atoms with Crippen molar-refractivity contribution in [3.05, 3.63) is 0 Å². The molecule has 1 saturated heterocycles. The third-order valence-corrected chi connectivity index (χ3v) is 2.01. The predicted molar refractivity (Wildman–Crippen MR) is 38.2 cm³/mol. The molecule has 1 fully saturated rings. The largest absolute Gasteiger partial charge is 0.317 e. The minimum atomic E-state index is 0.616. The maximum atomic E-state index is 7.02. The van der Waals surface area contributed by atoms with Crippen LogP contribution in [0.4, 0.5) is 0 Å². The minimum absolute atomic E-state index is 0.616. The van der Waals surface area contributed by atoms with Crippen LogP contribution in [0.15, 0.2) is 0 Å². The molecular weight excluding hydrogens is 112 g/mol. The van der Waals surface area contributed by atoms with Gasteiger partial charge in [-0.1, -0.05) is 0 Å². The number of hydrogen-bond donors (Lipinski definition) is 1. The van der Waals surface area contributed by atoms with Gasteiger partial charge >= 0.3 is 0 Å². The Bertz CT molecular complexity index is 64.6. The van der Waals surface area contributed by atoms with Crippen LogP contribution in [0.3, 0.4) is 0 Å². The second kappa shape index (κ2) is 3.85. The first-order chi connectivity index (χ1) is 4.43. The molecule has 1 heterocycles. The van der Waals surface area contributed by atoms with Gasteiger partial charge in [0.2, 0.25) is 0 Å². The van der Waals surface area contributed by atoms with E-state index in [9.17, 15) is 0 Å². The second-order valence-electron chi connectivity index (χ2n) is 2.73. The summed E-state index contributed by atoms with van der Waals surface area (Å²) in [7, 11) is 0. The van der Waals surface area contributed by atoms with Crippen molar-refractivity contribution in [1.29, 1.82) is 0 Å².